The molecule has 1 saturated heterocycles. The van der Waals surface area contributed by atoms with E-state index in [1.807, 2.05) is 4.90 Å². The van der Waals surface area contributed by atoms with Crippen molar-refractivity contribution < 1.29 is 31.8 Å². The molecule has 4 heterocycles. The number of methoxy groups -OCH3 is 1. The molecule has 9 nitrogen and oxygen atoms in total. The molecule has 0 radical (unpaired) electrons. The lowest BCUT2D eigenvalue weighted by Gasteiger charge is -2.51. The van der Waals surface area contributed by atoms with Crippen LogP contribution in [0.3, 0.4) is 0 Å². The minimum absolute atomic E-state index is 0.0681. The van der Waals surface area contributed by atoms with E-state index in [0.717, 1.165) is 6.92 Å². The zero-order valence-electron chi connectivity index (χ0n) is 16.5. The number of alkyl halides is 4. The Morgan fingerprint density at radius 3 is 2.65 bits per heavy atom. The summed E-state index contributed by atoms with van der Waals surface area (Å²) in [6.45, 7) is 1.46. The number of nitrogen functional groups attached to an aromatic ring is 1. The van der Waals surface area contributed by atoms with Crippen molar-refractivity contribution in [3.8, 4) is 11.5 Å². The molecule has 0 atom stereocenters. The Hall–Kier alpha value is -2.93. The molecular weight excluding hydrogens is 424 g/mol. The highest BCUT2D eigenvalue weighted by Gasteiger charge is 2.58. The predicted octanol–water partition coefficient (Wildman–Crippen LogP) is 2.08. The van der Waals surface area contributed by atoms with Gasteiger partial charge < -0.3 is 19.9 Å². The first kappa shape index (κ1) is 20.0. The number of nitrogens with two attached hydrogens (primary N) is 1. The Morgan fingerprint density at radius 2 is 1.97 bits per heavy atom. The van der Waals surface area contributed by atoms with Crippen LogP contribution < -0.4 is 15.2 Å². The monoisotopic (exact) mass is 442 g/mol. The standard InChI is InChI=1S/C18H18F4N6O3/c1-16(19,20)17(29-2)7-27(8-17)6-5-11-24-14-9-3-4-10-13(31-18(21,22)30-10)12(9)25-15(23)28(14)26-11/h3-4H,5-8H2,1-2H3,(H2,23,25). The van der Waals surface area contributed by atoms with E-state index < -0.39 is 17.8 Å². The Balaban J connectivity index is 1.40. The normalized spacial score (nSPS) is 19.8. The van der Waals surface area contributed by atoms with Crippen LogP contribution in [0.2, 0.25) is 0 Å². The van der Waals surface area contributed by atoms with E-state index in [4.69, 9.17) is 10.5 Å². The number of ether oxygens (including phenoxy) is 3. The molecule has 0 aliphatic carbocycles. The number of nitrogens with zero attached hydrogens (tertiary/aromatic N) is 5. The summed E-state index contributed by atoms with van der Waals surface area (Å²) in [6.07, 6.45) is -3.43. The summed E-state index contributed by atoms with van der Waals surface area (Å²) in [5, 5.41) is 4.72. The lowest BCUT2D eigenvalue weighted by molar-refractivity contribution is -0.286. The fraction of sp³-hybridized carbons (Fsp3) is 0.500. The number of fused-ring (bicyclic) bond motifs is 5. The smallest absolute Gasteiger partial charge is 0.395 e. The van der Waals surface area contributed by atoms with Crippen LogP contribution in [-0.4, -0.2) is 69.0 Å². The van der Waals surface area contributed by atoms with Crippen molar-refractivity contribution in [2.75, 3.05) is 32.5 Å². The lowest BCUT2D eigenvalue weighted by Crippen LogP contribution is -2.70. The molecule has 2 aliphatic rings. The van der Waals surface area contributed by atoms with Gasteiger partial charge in [0.15, 0.2) is 28.6 Å². The molecule has 0 unspecified atom stereocenters. The first-order valence-electron chi connectivity index (χ1n) is 9.41. The topological polar surface area (TPSA) is 100 Å². The second-order valence-corrected chi connectivity index (χ2v) is 7.74. The quantitative estimate of drug-likeness (QED) is 0.600. The molecule has 2 aliphatic heterocycles. The summed E-state index contributed by atoms with van der Waals surface area (Å²) < 4.78 is 69.8. The molecule has 2 N–H and O–H groups in total. The summed E-state index contributed by atoms with van der Waals surface area (Å²) in [5.41, 5.74) is 4.85. The molecule has 3 aromatic rings. The summed E-state index contributed by atoms with van der Waals surface area (Å²) in [4.78, 5) is 10.4. The average Bonchev–Trinajstić information content (AvgIpc) is 3.20. The van der Waals surface area contributed by atoms with E-state index in [1.165, 1.54) is 23.8 Å². The van der Waals surface area contributed by atoms with Crippen LogP contribution >= 0.6 is 0 Å². The third-order valence-electron chi connectivity index (χ3n) is 5.68. The second kappa shape index (κ2) is 6.29. The van der Waals surface area contributed by atoms with Crippen molar-refractivity contribution in [2.24, 2.45) is 0 Å². The van der Waals surface area contributed by atoms with Gasteiger partial charge in [0.25, 0.3) is 5.92 Å². The van der Waals surface area contributed by atoms with Crippen molar-refractivity contribution in [2.45, 2.75) is 31.2 Å². The molecule has 31 heavy (non-hydrogen) atoms. The maximum absolute atomic E-state index is 13.8. The summed E-state index contributed by atoms with van der Waals surface area (Å²) in [6, 6.07) is 2.85. The molecule has 166 valence electrons. The highest BCUT2D eigenvalue weighted by Crippen LogP contribution is 2.45. The van der Waals surface area contributed by atoms with Crippen LogP contribution in [0.25, 0.3) is 16.6 Å². The lowest BCUT2D eigenvalue weighted by atomic mass is 9.87. The van der Waals surface area contributed by atoms with Gasteiger partial charge in [-0.15, -0.1) is 13.9 Å². The number of halogens is 4. The maximum atomic E-state index is 13.8. The Labute approximate surface area is 172 Å². The summed E-state index contributed by atoms with van der Waals surface area (Å²) >= 11 is 0. The molecule has 1 fully saturated rings. The minimum atomic E-state index is -3.79. The van der Waals surface area contributed by atoms with Gasteiger partial charge in [-0.05, 0) is 12.1 Å². The van der Waals surface area contributed by atoms with Gasteiger partial charge in [0.1, 0.15) is 5.52 Å². The average molecular weight is 442 g/mol. The largest absolute Gasteiger partial charge is 0.586 e. The van der Waals surface area contributed by atoms with E-state index >= 15 is 0 Å². The summed E-state index contributed by atoms with van der Waals surface area (Å²) in [5.74, 6) is -3.00. The highest BCUT2D eigenvalue weighted by atomic mass is 19.3. The van der Waals surface area contributed by atoms with Gasteiger partial charge in [-0.25, -0.2) is 18.7 Å². The first-order valence-corrected chi connectivity index (χ1v) is 9.41. The number of anilines is 1. The van der Waals surface area contributed by atoms with Gasteiger partial charge in [0.05, 0.1) is 0 Å². The predicted molar refractivity (Wildman–Crippen MR) is 99.4 cm³/mol. The highest BCUT2D eigenvalue weighted by molar-refractivity contribution is 5.97. The van der Waals surface area contributed by atoms with Crippen LogP contribution in [0, 0.1) is 0 Å². The molecule has 1 aromatic carbocycles. The Morgan fingerprint density at radius 1 is 1.23 bits per heavy atom. The van der Waals surface area contributed by atoms with Crippen molar-refractivity contribution in [1.82, 2.24) is 24.5 Å². The van der Waals surface area contributed by atoms with Crippen LogP contribution in [0.1, 0.15) is 12.7 Å². The molecule has 2 aromatic heterocycles. The van der Waals surface area contributed by atoms with E-state index in [9.17, 15) is 17.6 Å². The Kier molecular flexibility index (Phi) is 4.06. The SMILES string of the molecule is COC1(C(C)(F)F)CN(CCc2nc3c4ccc5c(c4nc(N)n3n2)OC(F)(F)O5)C1. The van der Waals surface area contributed by atoms with Gasteiger partial charge in [-0.1, -0.05) is 0 Å². The van der Waals surface area contributed by atoms with E-state index in [-0.39, 0.29) is 36.1 Å². The fourth-order valence-electron chi connectivity index (χ4n) is 3.93. The van der Waals surface area contributed by atoms with Gasteiger partial charge in [0.2, 0.25) is 5.95 Å². The van der Waals surface area contributed by atoms with E-state index in [1.54, 1.807) is 0 Å². The molecule has 5 rings (SSSR count). The zero-order valence-corrected chi connectivity index (χ0v) is 16.5. The van der Waals surface area contributed by atoms with Gasteiger partial charge in [-0.2, -0.15) is 4.52 Å². The van der Waals surface area contributed by atoms with E-state index in [2.05, 4.69) is 24.5 Å². The molecule has 0 bridgehead atoms. The van der Waals surface area contributed by atoms with Crippen LogP contribution in [0.4, 0.5) is 23.5 Å². The first-order chi connectivity index (χ1) is 14.5. The van der Waals surface area contributed by atoms with Gasteiger partial charge in [0, 0.05) is 45.5 Å². The van der Waals surface area contributed by atoms with Crippen molar-refractivity contribution in [3.05, 3.63) is 18.0 Å². The minimum Gasteiger partial charge on any atom is -0.395 e. The number of rotatable bonds is 5. The fourth-order valence-corrected chi connectivity index (χ4v) is 3.93. The third kappa shape index (κ3) is 3.02. The van der Waals surface area contributed by atoms with Crippen LogP contribution in [0.15, 0.2) is 12.1 Å². The van der Waals surface area contributed by atoms with Crippen molar-refractivity contribution in [1.29, 1.82) is 0 Å². The zero-order chi connectivity index (χ0) is 22.2. The second-order valence-electron chi connectivity index (χ2n) is 7.74. The van der Waals surface area contributed by atoms with Crippen molar-refractivity contribution in [3.63, 3.8) is 0 Å². The molecular formula is C18H18F4N6O3. The number of benzene rings is 1. The molecule has 0 saturated carbocycles. The Bertz CT molecular complexity index is 1190. The maximum Gasteiger partial charge on any atom is 0.586 e. The third-order valence-corrected chi connectivity index (χ3v) is 5.68. The van der Waals surface area contributed by atoms with Gasteiger partial charge >= 0.3 is 6.29 Å². The van der Waals surface area contributed by atoms with Crippen LogP contribution in [-0.2, 0) is 11.2 Å². The van der Waals surface area contributed by atoms with Crippen molar-refractivity contribution >= 4 is 22.5 Å². The number of aromatic nitrogens is 4. The van der Waals surface area contributed by atoms with Gasteiger partial charge in [-0.3, -0.25) is 4.90 Å². The van der Waals surface area contributed by atoms with Crippen LogP contribution in [0.5, 0.6) is 11.5 Å². The molecule has 0 spiro atoms. The van der Waals surface area contributed by atoms with E-state index in [0.29, 0.717) is 29.8 Å². The molecule has 0 amide bonds. The number of hydrogen-bond acceptors (Lipinski definition) is 8. The molecule has 13 heteroatoms. The summed E-state index contributed by atoms with van der Waals surface area (Å²) in [7, 11) is 1.28. The number of hydrogen-bond donors (Lipinski definition) is 1. The number of likely N-dealkylation sites (tertiary alicyclic amines) is 1.